The molecule has 0 aliphatic carbocycles. The Bertz CT molecular complexity index is 902. The summed E-state index contributed by atoms with van der Waals surface area (Å²) in [6.45, 7) is 0.564. The molecule has 0 saturated heterocycles. The number of halogens is 1. The maximum Gasteiger partial charge on any atom is 0.321 e. The van der Waals surface area contributed by atoms with Crippen LogP contribution in [0.3, 0.4) is 0 Å². The first-order valence-corrected chi connectivity index (χ1v) is 8.49. The second kappa shape index (κ2) is 7.14. The number of ether oxygens (including phenoxy) is 2. The van der Waals surface area contributed by atoms with E-state index < -0.39 is 5.82 Å². The number of rotatable bonds is 4. The first-order chi connectivity index (χ1) is 13.1. The van der Waals surface area contributed by atoms with Crippen molar-refractivity contribution in [2.45, 2.75) is 12.5 Å². The van der Waals surface area contributed by atoms with E-state index in [9.17, 15) is 9.18 Å². The second-order valence-corrected chi connectivity index (χ2v) is 6.36. The molecule has 1 N–H and O–H groups in total. The van der Waals surface area contributed by atoms with Crippen LogP contribution < -0.4 is 14.8 Å². The van der Waals surface area contributed by atoms with Crippen LogP contribution in [-0.2, 0) is 4.84 Å². The number of nitrogens with zero attached hydrogens (tertiary/aromatic N) is 2. The van der Waals surface area contributed by atoms with Gasteiger partial charge in [0.05, 0.1) is 12.3 Å². The lowest BCUT2D eigenvalue weighted by Gasteiger charge is -2.20. The standard InChI is InChI=1S/C19H18FN3O4/c1-23(19(24)21-14-4-2-3-13(20)8-14)10-15-9-16(22-27-15)12-5-6-17-18(7-12)26-11-25-17/h2-8,15H,9-11H2,1H3,(H,21,24). The van der Waals surface area contributed by atoms with Gasteiger partial charge in [0.1, 0.15) is 5.82 Å². The van der Waals surface area contributed by atoms with E-state index in [2.05, 4.69) is 10.5 Å². The molecule has 0 radical (unpaired) electrons. The van der Waals surface area contributed by atoms with E-state index >= 15 is 0 Å². The number of benzene rings is 2. The minimum absolute atomic E-state index is 0.218. The van der Waals surface area contributed by atoms with Crippen LogP contribution in [0.1, 0.15) is 12.0 Å². The van der Waals surface area contributed by atoms with Crippen molar-refractivity contribution in [3.8, 4) is 11.5 Å². The Hall–Kier alpha value is -3.29. The lowest BCUT2D eigenvalue weighted by molar-refractivity contribution is 0.0672. The van der Waals surface area contributed by atoms with Gasteiger partial charge < -0.3 is 24.5 Å². The van der Waals surface area contributed by atoms with Gasteiger partial charge in [0.2, 0.25) is 6.79 Å². The van der Waals surface area contributed by atoms with Crippen molar-refractivity contribution in [3.05, 3.63) is 53.8 Å². The van der Waals surface area contributed by atoms with Crippen LogP contribution >= 0.6 is 0 Å². The molecule has 0 bridgehead atoms. The topological polar surface area (TPSA) is 72.4 Å². The average molecular weight is 371 g/mol. The van der Waals surface area contributed by atoms with Gasteiger partial charge in [0.15, 0.2) is 17.6 Å². The van der Waals surface area contributed by atoms with Crippen LogP contribution in [0.25, 0.3) is 0 Å². The third-order valence-corrected chi connectivity index (χ3v) is 4.34. The summed E-state index contributed by atoms with van der Waals surface area (Å²) >= 11 is 0. The third-order valence-electron chi connectivity index (χ3n) is 4.34. The predicted octanol–water partition coefficient (Wildman–Crippen LogP) is 3.21. The number of likely N-dealkylation sites (N-methyl/N-ethyl adjacent to an activating group) is 1. The smallest absolute Gasteiger partial charge is 0.321 e. The molecule has 8 heteroatoms. The average Bonchev–Trinajstić information content (AvgIpc) is 3.30. The molecule has 7 nitrogen and oxygen atoms in total. The molecule has 2 heterocycles. The summed E-state index contributed by atoms with van der Waals surface area (Å²) in [4.78, 5) is 19.2. The normalized spacial score (nSPS) is 17.3. The quantitative estimate of drug-likeness (QED) is 0.896. The highest BCUT2D eigenvalue weighted by molar-refractivity contribution is 6.01. The Morgan fingerprint density at radius 3 is 2.96 bits per heavy atom. The summed E-state index contributed by atoms with van der Waals surface area (Å²) in [7, 11) is 1.65. The summed E-state index contributed by atoms with van der Waals surface area (Å²) in [5.74, 6) is 0.991. The highest BCUT2D eigenvalue weighted by atomic mass is 19.1. The van der Waals surface area contributed by atoms with Gasteiger partial charge in [-0.15, -0.1) is 0 Å². The second-order valence-electron chi connectivity index (χ2n) is 6.36. The van der Waals surface area contributed by atoms with Gasteiger partial charge in [-0.1, -0.05) is 11.2 Å². The molecule has 2 aliphatic heterocycles. The summed E-state index contributed by atoms with van der Waals surface area (Å²) in [5, 5.41) is 6.78. The number of anilines is 1. The lowest BCUT2D eigenvalue weighted by atomic mass is 10.0. The van der Waals surface area contributed by atoms with Crippen LogP contribution in [0.4, 0.5) is 14.9 Å². The van der Waals surface area contributed by atoms with Crippen molar-refractivity contribution in [2.24, 2.45) is 5.16 Å². The molecule has 140 valence electrons. The van der Waals surface area contributed by atoms with Gasteiger partial charge in [-0.3, -0.25) is 0 Å². The highest BCUT2D eigenvalue weighted by Gasteiger charge is 2.26. The Labute approximate surface area is 155 Å². The maximum absolute atomic E-state index is 13.2. The largest absolute Gasteiger partial charge is 0.454 e. The van der Waals surface area contributed by atoms with E-state index in [1.165, 1.54) is 23.1 Å². The molecule has 2 aliphatic rings. The molecule has 27 heavy (non-hydrogen) atoms. The van der Waals surface area contributed by atoms with Crippen LogP contribution in [-0.4, -0.2) is 43.1 Å². The van der Waals surface area contributed by atoms with Gasteiger partial charge in [0.25, 0.3) is 0 Å². The van der Waals surface area contributed by atoms with Crippen molar-refractivity contribution in [1.29, 1.82) is 0 Å². The summed E-state index contributed by atoms with van der Waals surface area (Å²) < 4.78 is 23.9. The first kappa shape index (κ1) is 17.1. The van der Waals surface area contributed by atoms with Gasteiger partial charge in [0, 0.05) is 24.7 Å². The fraction of sp³-hybridized carbons (Fsp3) is 0.263. The fourth-order valence-electron chi connectivity index (χ4n) is 2.95. The molecule has 0 saturated carbocycles. The van der Waals surface area contributed by atoms with Crippen molar-refractivity contribution in [1.82, 2.24) is 4.90 Å². The number of nitrogens with one attached hydrogen (secondary N) is 1. The van der Waals surface area contributed by atoms with Gasteiger partial charge in [-0.05, 0) is 36.4 Å². The zero-order valence-corrected chi connectivity index (χ0v) is 14.6. The monoisotopic (exact) mass is 371 g/mol. The predicted molar refractivity (Wildman–Crippen MR) is 96.6 cm³/mol. The zero-order chi connectivity index (χ0) is 18.8. The maximum atomic E-state index is 13.2. The van der Waals surface area contributed by atoms with Crippen molar-refractivity contribution in [3.63, 3.8) is 0 Å². The Morgan fingerprint density at radius 1 is 1.26 bits per heavy atom. The number of amides is 2. The SMILES string of the molecule is CN(CC1CC(c2ccc3c(c2)OCO3)=NO1)C(=O)Nc1cccc(F)c1. The van der Waals surface area contributed by atoms with Crippen molar-refractivity contribution < 1.29 is 23.5 Å². The zero-order valence-electron chi connectivity index (χ0n) is 14.6. The highest BCUT2D eigenvalue weighted by Crippen LogP contribution is 2.33. The molecular weight excluding hydrogens is 353 g/mol. The number of hydrogen-bond acceptors (Lipinski definition) is 5. The Morgan fingerprint density at radius 2 is 2.11 bits per heavy atom. The van der Waals surface area contributed by atoms with E-state index in [4.69, 9.17) is 14.3 Å². The number of carbonyl (C=O) groups is 1. The third kappa shape index (κ3) is 3.79. The lowest BCUT2D eigenvalue weighted by Crippen LogP contribution is -2.37. The summed E-state index contributed by atoms with van der Waals surface area (Å²) in [6, 6.07) is 11.0. The first-order valence-electron chi connectivity index (χ1n) is 8.49. The molecule has 1 atom stereocenters. The molecule has 0 aromatic heterocycles. The van der Waals surface area contributed by atoms with E-state index in [0.29, 0.717) is 30.2 Å². The van der Waals surface area contributed by atoms with Crippen LogP contribution in [0, 0.1) is 5.82 Å². The van der Waals surface area contributed by atoms with Crippen molar-refractivity contribution in [2.75, 3.05) is 25.7 Å². The molecule has 1 unspecified atom stereocenters. The van der Waals surface area contributed by atoms with Crippen LogP contribution in [0.5, 0.6) is 11.5 Å². The summed E-state index contributed by atoms with van der Waals surface area (Å²) in [6.07, 6.45) is 0.311. The fourth-order valence-corrected chi connectivity index (χ4v) is 2.95. The number of carbonyl (C=O) groups excluding carboxylic acids is 1. The number of fused-ring (bicyclic) bond motifs is 1. The van der Waals surface area contributed by atoms with Gasteiger partial charge in [-0.25, -0.2) is 9.18 Å². The van der Waals surface area contributed by atoms with E-state index in [1.54, 1.807) is 13.1 Å². The van der Waals surface area contributed by atoms with Gasteiger partial charge in [-0.2, -0.15) is 0 Å². The number of urea groups is 1. The molecule has 4 rings (SSSR count). The van der Waals surface area contributed by atoms with E-state index in [0.717, 1.165) is 11.3 Å². The Balaban J connectivity index is 1.32. The minimum atomic E-state index is -0.406. The van der Waals surface area contributed by atoms with E-state index in [1.807, 2.05) is 18.2 Å². The summed E-state index contributed by atoms with van der Waals surface area (Å²) in [5.41, 5.74) is 2.09. The van der Waals surface area contributed by atoms with Crippen LogP contribution in [0.2, 0.25) is 0 Å². The molecule has 2 amide bonds. The molecule has 0 spiro atoms. The Kier molecular flexibility index (Phi) is 4.53. The molecule has 2 aromatic rings. The number of hydrogen-bond donors (Lipinski definition) is 1. The number of oxime groups is 1. The van der Waals surface area contributed by atoms with Crippen LogP contribution in [0.15, 0.2) is 47.6 Å². The van der Waals surface area contributed by atoms with Gasteiger partial charge >= 0.3 is 6.03 Å². The van der Waals surface area contributed by atoms with E-state index in [-0.39, 0.29) is 18.9 Å². The molecular formula is C19H18FN3O4. The van der Waals surface area contributed by atoms with Crippen molar-refractivity contribution >= 4 is 17.4 Å². The molecule has 0 fully saturated rings. The minimum Gasteiger partial charge on any atom is -0.454 e. The molecule has 2 aromatic carbocycles.